The van der Waals surface area contributed by atoms with Gasteiger partial charge in [-0.3, -0.25) is 0 Å². The number of nitrogens with zero attached hydrogens (tertiary/aromatic N) is 3. The zero-order valence-electron chi connectivity index (χ0n) is 16.4. The summed E-state index contributed by atoms with van der Waals surface area (Å²) in [7, 11) is -3.67. The number of aromatic nitrogens is 2. The minimum absolute atomic E-state index is 0.272. The SMILES string of the molecule is O=S(=O)(c1ccc2c(c1)CCCC2)N1CCC[C@H]1c1nc(-c2ccc(F)cc2)no1. The number of sulfonamides is 1. The third-order valence-electron chi connectivity index (χ3n) is 5.96. The molecule has 156 valence electrons. The van der Waals surface area contributed by atoms with Gasteiger partial charge in [0.15, 0.2) is 0 Å². The molecule has 1 fully saturated rings. The molecule has 0 unspecified atom stereocenters. The zero-order chi connectivity index (χ0) is 20.7. The number of fused-ring (bicyclic) bond motifs is 1. The van der Waals surface area contributed by atoms with Gasteiger partial charge in [-0.1, -0.05) is 11.2 Å². The molecular weight excluding hydrogens is 405 g/mol. The van der Waals surface area contributed by atoms with Gasteiger partial charge in [0.2, 0.25) is 21.7 Å². The molecule has 0 spiro atoms. The minimum atomic E-state index is -3.67. The van der Waals surface area contributed by atoms with Gasteiger partial charge >= 0.3 is 0 Å². The number of aryl methyl sites for hydroxylation is 2. The van der Waals surface area contributed by atoms with Gasteiger partial charge in [0.25, 0.3) is 0 Å². The van der Waals surface area contributed by atoms with Crippen LogP contribution >= 0.6 is 0 Å². The van der Waals surface area contributed by atoms with E-state index in [-0.39, 0.29) is 11.7 Å². The van der Waals surface area contributed by atoms with Gasteiger partial charge in [0.05, 0.1) is 4.90 Å². The maximum Gasteiger partial charge on any atom is 0.245 e. The van der Waals surface area contributed by atoms with Gasteiger partial charge in [0.1, 0.15) is 11.9 Å². The molecule has 1 aromatic heterocycles. The molecule has 1 atom stereocenters. The molecule has 0 bridgehead atoms. The third-order valence-corrected chi connectivity index (χ3v) is 7.86. The van der Waals surface area contributed by atoms with Crippen molar-refractivity contribution in [3.05, 3.63) is 65.3 Å². The molecule has 5 rings (SSSR count). The second-order valence-corrected chi connectivity index (χ2v) is 9.77. The van der Waals surface area contributed by atoms with E-state index in [1.807, 2.05) is 12.1 Å². The Balaban J connectivity index is 1.44. The molecule has 1 aliphatic heterocycles. The van der Waals surface area contributed by atoms with Crippen LogP contribution in [0, 0.1) is 5.82 Å². The molecule has 0 radical (unpaired) electrons. The van der Waals surface area contributed by atoms with Crippen LogP contribution in [0.25, 0.3) is 11.4 Å². The average molecular weight is 428 g/mol. The summed E-state index contributed by atoms with van der Waals surface area (Å²) in [4.78, 5) is 4.74. The van der Waals surface area contributed by atoms with E-state index in [4.69, 9.17) is 4.52 Å². The topological polar surface area (TPSA) is 76.3 Å². The second kappa shape index (κ2) is 7.59. The Hall–Kier alpha value is -2.58. The summed E-state index contributed by atoms with van der Waals surface area (Å²) >= 11 is 0. The van der Waals surface area contributed by atoms with Crippen LogP contribution in [0.2, 0.25) is 0 Å². The van der Waals surface area contributed by atoms with Crippen LogP contribution in [0.5, 0.6) is 0 Å². The first kappa shape index (κ1) is 19.4. The molecular formula is C22H22FN3O3S. The summed E-state index contributed by atoms with van der Waals surface area (Å²) in [6.07, 6.45) is 5.53. The van der Waals surface area contributed by atoms with Crippen molar-refractivity contribution in [2.75, 3.05) is 6.54 Å². The predicted molar refractivity (Wildman–Crippen MR) is 109 cm³/mol. The number of halogens is 1. The maximum absolute atomic E-state index is 13.4. The fourth-order valence-electron chi connectivity index (χ4n) is 4.37. The molecule has 8 heteroatoms. The van der Waals surface area contributed by atoms with Crippen molar-refractivity contribution in [2.24, 2.45) is 0 Å². The Morgan fingerprint density at radius 1 is 1.00 bits per heavy atom. The number of rotatable bonds is 4. The molecule has 2 aliphatic rings. The average Bonchev–Trinajstić information content (AvgIpc) is 3.44. The highest BCUT2D eigenvalue weighted by atomic mass is 32.2. The maximum atomic E-state index is 13.4. The summed E-state index contributed by atoms with van der Waals surface area (Å²) < 4.78 is 46.9. The zero-order valence-corrected chi connectivity index (χ0v) is 17.2. The van der Waals surface area contributed by atoms with Crippen LogP contribution in [-0.2, 0) is 22.9 Å². The quantitative estimate of drug-likeness (QED) is 0.621. The molecule has 2 aromatic carbocycles. The molecule has 0 amide bonds. The first-order valence-corrected chi connectivity index (χ1v) is 11.7. The Morgan fingerprint density at radius 3 is 2.57 bits per heavy atom. The number of hydrogen-bond acceptors (Lipinski definition) is 5. The van der Waals surface area contributed by atoms with Crippen LogP contribution in [0.15, 0.2) is 51.9 Å². The fourth-order valence-corrected chi connectivity index (χ4v) is 6.07. The highest BCUT2D eigenvalue weighted by molar-refractivity contribution is 7.89. The van der Waals surface area contributed by atoms with Gasteiger partial charge in [-0.05, 0) is 86.1 Å². The van der Waals surface area contributed by atoms with Gasteiger partial charge in [-0.15, -0.1) is 0 Å². The van der Waals surface area contributed by atoms with Crippen LogP contribution in [0.1, 0.15) is 48.7 Å². The van der Waals surface area contributed by atoms with Crippen LogP contribution in [0.3, 0.4) is 0 Å². The highest BCUT2D eigenvalue weighted by Crippen LogP contribution is 2.37. The van der Waals surface area contributed by atoms with E-state index in [1.165, 1.54) is 22.0 Å². The summed E-state index contributed by atoms with van der Waals surface area (Å²) in [5, 5.41) is 3.98. The van der Waals surface area contributed by atoms with Crippen molar-refractivity contribution in [1.82, 2.24) is 14.4 Å². The van der Waals surface area contributed by atoms with Crippen molar-refractivity contribution < 1.29 is 17.3 Å². The van der Waals surface area contributed by atoms with Gasteiger partial charge in [-0.25, -0.2) is 12.8 Å². The lowest BCUT2D eigenvalue weighted by Crippen LogP contribution is -2.31. The minimum Gasteiger partial charge on any atom is -0.337 e. The van der Waals surface area contributed by atoms with Crippen molar-refractivity contribution in [3.8, 4) is 11.4 Å². The smallest absolute Gasteiger partial charge is 0.245 e. The van der Waals surface area contributed by atoms with Crippen molar-refractivity contribution in [3.63, 3.8) is 0 Å². The molecule has 3 aromatic rings. The normalized spacial score (nSPS) is 19.7. The number of hydrogen-bond donors (Lipinski definition) is 0. The van der Waals surface area contributed by atoms with Crippen molar-refractivity contribution in [1.29, 1.82) is 0 Å². The Bertz CT molecular complexity index is 1170. The molecule has 0 saturated carbocycles. The van der Waals surface area contributed by atoms with Crippen molar-refractivity contribution in [2.45, 2.75) is 49.5 Å². The lowest BCUT2D eigenvalue weighted by molar-refractivity contribution is 0.290. The third kappa shape index (κ3) is 3.44. The summed E-state index contributed by atoms with van der Waals surface area (Å²) in [5.74, 6) is 0.247. The van der Waals surface area contributed by atoms with Crippen LogP contribution in [0.4, 0.5) is 4.39 Å². The molecule has 1 aliphatic carbocycles. The van der Waals surface area contributed by atoms with E-state index in [9.17, 15) is 12.8 Å². The van der Waals surface area contributed by atoms with Crippen molar-refractivity contribution >= 4 is 10.0 Å². The van der Waals surface area contributed by atoms with Crippen LogP contribution in [-0.4, -0.2) is 29.4 Å². The summed E-state index contributed by atoms with van der Waals surface area (Å²) in [6, 6.07) is 10.8. The Kier molecular flexibility index (Phi) is 4.91. The van der Waals surface area contributed by atoms with E-state index in [0.29, 0.717) is 29.2 Å². The molecule has 0 N–H and O–H groups in total. The van der Waals surface area contributed by atoms with Gasteiger partial charge in [-0.2, -0.15) is 9.29 Å². The number of benzene rings is 2. The largest absolute Gasteiger partial charge is 0.337 e. The standard InChI is InChI=1S/C22H22FN3O3S/c23-18-10-7-16(8-11-18)21-24-22(29-25-21)20-6-3-13-26(20)30(27,28)19-12-9-15-4-1-2-5-17(15)14-19/h7-12,14,20H,1-6,13H2/t20-/m0/s1. The van der Waals surface area contributed by atoms with Crippen LogP contribution < -0.4 is 0 Å². The summed E-state index contributed by atoms with van der Waals surface area (Å²) in [6.45, 7) is 0.415. The fraction of sp³-hybridized carbons (Fsp3) is 0.364. The van der Waals surface area contributed by atoms with Gasteiger partial charge in [0, 0.05) is 12.1 Å². The summed E-state index contributed by atoms with van der Waals surface area (Å²) in [5.41, 5.74) is 3.00. The molecule has 30 heavy (non-hydrogen) atoms. The lowest BCUT2D eigenvalue weighted by Gasteiger charge is -2.23. The highest BCUT2D eigenvalue weighted by Gasteiger charge is 2.39. The molecule has 1 saturated heterocycles. The Labute approximate surface area is 174 Å². The van der Waals surface area contributed by atoms with E-state index in [2.05, 4.69) is 10.1 Å². The predicted octanol–water partition coefficient (Wildman–Crippen LogP) is 4.28. The molecule has 6 nitrogen and oxygen atoms in total. The Morgan fingerprint density at radius 2 is 1.77 bits per heavy atom. The van der Waals surface area contributed by atoms with E-state index in [0.717, 1.165) is 37.7 Å². The van der Waals surface area contributed by atoms with E-state index >= 15 is 0 Å². The van der Waals surface area contributed by atoms with E-state index < -0.39 is 16.1 Å². The first-order chi connectivity index (χ1) is 14.5. The lowest BCUT2D eigenvalue weighted by atomic mass is 9.92. The molecule has 2 heterocycles. The second-order valence-electron chi connectivity index (χ2n) is 7.87. The van der Waals surface area contributed by atoms with Gasteiger partial charge < -0.3 is 4.52 Å². The first-order valence-electron chi connectivity index (χ1n) is 10.3. The van der Waals surface area contributed by atoms with E-state index in [1.54, 1.807) is 18.2 Å². The monoisotopic (exact) mass is 427 g/mol.